The number of aliphatic hydroxyl groups excluding tert-OH is 1. The Morgan fingerprint density at radius 2 is 2.44 bits per heavy atom. The first kappa shape index (κ1) is 13.8. The number of hydrogen-bond acceptors (Lipinski definition) is 5. The number of aliphatic hydroxyl groups is 1. The molecule has 0 aliphatic heterocycles. The maximum absolute atomic E-state index is 11.6. The number of nitrogens with zero attached hydrogens (tertiary/aromatic N) is 2. The third-order valence-corrected chi connectivity index (χ3v) is 4.84. The van der Waals surface area contributed by atoms with E-state index in [4.69, 9.17) is 5.11 Å². The van der Waals surface area contributed by atoms with Crippen LogP contribution >= 0.6 is 23.1 Å². The lowest BCUT2D eigenvalue weighted by Crippen LogP contribution is -2.30. The molecule has 100 valence electrons. The monoisotopic (exact) mass is 286 g/mol. The molecule has 0 radical (unpaired) electrons. The van der Waals surface area contributed by atoms with Crippen LogP contribution in [0.4, 0.5) is 5.13 Å². The van der Waals surface area contributed by atoms with Gasteiger partial charge in [0, 0.05) is 29.3 Å². The van der Waals surface area contributed by atoms with Gasteiger partial charge in [-0.3, -0.25) is 9.69 Å². The third kappa shape index (κ3) is 3.46. The van der Waals surface area contributed by atoms with Gasteiger partial charge >= 0.3 is 0 Å². The van der Waals surface area contributed by atoms with Gasteiger partial charge in [-0.2, -0.15) is 0 Å². The van der Waals surface area contributed by atoms with Crippen LogP contribution in [0.15, 0.2) is 5.38 Å². The summed E-state index contributed by atoms with van der Waals surface area (Å²) in [6, 6.07) is 0.366. The van der Waals surface area contributed by atoms with Crippen LogP contribution in [0.3, 0.4) is 0 Å². The molecule has 1 amide bonds. The van der Waals surface area contributed by atoms with Crippen LogP contribution < -0.4 is 4.90 Å². The summed E-state index contributed by atoms with van der Waals surface area (Å²) >= 11 is 3.21. The topological polar surface area (TPSA) is 53.4 Å². The first-order chi connectivity index (χ1) is 8.61. The molecule has 0 bridgehead atoms. The molecule has 18 heavy (non-hydrogen) atoms. The maximum Gasteiger partial charge on any atom is 0.225 e. The van der Waals surface area contributed by atoms with Crippen LogP contribution in [-0.2, 0) is 10.5 Å². The normalized spacial score (nSPS) is 16.6. The van der Waals surface area contributed by atoms with Crippen LogP contribution in [0.1, 0.15) is 32.4 Å². The molecule has 0 saturated heterocycles. The molecule has 1 aliphatic rings. The van der Waals surface area contributed by atoms with Gasteiger partial charge in [0.05, 0.1) is 12.3 Å². The van der Waals surface area contributed by atoms with Crippen LogP contribution in [-0.4, -0.2) is 33.9 Å². The van der Waals surface area contributed by atoms with E-state index < -0.39 is 0 Å². The summed E-state index contributed by atoms with van der Waals surface area (Å²) in [5.74, 6) is 0.865. The molecule has 1 N–H and O–H groups in total. The fraction of sp³-hybridized carbons (Fsp3) is 0.667. The number of amides is 1. The molecule has 1 aliphatic carbocycles. The number of aromatic nitrogens is 1. The smallest absolute Gasteiger partial charge is 0.225 e. The molecular formula is C12H18N2O2S2. The molecule has 4 nitrogen and oxygen atoms in total. The number of anilines is 1. The average Bonchev–Trinajstić information content (AvgIpc) is 3.05. The molecule has 2 rings (SSSR count). The lowest BCUT2D eigenvalue weighted by atomic mass is 10.5. The van der Waals surface area contributed by atoms with Gasteiger partial charge in [-0.1, -0.05) is 6.92 Å². The number of rotatable bonds is 6. The summed E-state index contributed by atoms with van der Waals surface area (Å²) in [6.07, 6.45) is 2.18. The lowest BCUT2D eigenvalue weighted by Gasteiger charge is -2.16. The highest BCUT2D eigenvalue weighted by Crippen LogP contribution is 2.34. The van der Waals surface area contributed by atoms with Gasteiger partial charge in [-0.05, 0) is 12.8 Å². The molecule has 1 fully saturated rings. The molecular weight excluding hydrogens is 268 g/mol. The SMILES string of the molecule is CC(=O)N(c1nc(CS[C@H](C)CO)cs1)C1CC1. The van der Waals surface area contributed by atoms with Crippen molar-refractivity contribution in [2.24, 2.45) is 0 Å². The van der Waals surface area contributed by atoms with E-state index in [0.29, 0.717) is 6.04 Å². The molecule has 0 aromatic carbocycles. The standard InChI is InChI=1S/C12H18N2O2S2/c1-8(5-15)17-6-10-7-18-12(13-10)14(9(2)16)11-3-4-11/h7-8,11,15H,3-6H2,1-2H3/t8-/m1/s1. The fourth-order valence-corrected chi connectivity index (χ4v) is 3.39. The predicted molar refractivity (Wildman–Crippen MR) is 76.1 cm³/mol. The quantitative estimate of drug-likeness (QED) is 0.871. The van der Waals surface area contributed by atoms with Crippen molar-refractivity contribution in [3.63, 3.8) is 0 Å². The summed E-state index contributed by atoms with van der Waals surface area (Å²) in [7, 11) is 0. The molecule has 0 spiro atoms. The van der Waals surface area contributed by atoms with Crippen LogP contribution in [0, 0.1) is 0 Å². The molecule has 1 atom stereocenters. The summed E-state index contributed by atoms with van der Waals surface area (Å²) < 4.78 is 0. The Balaban J connectivity index is 1.98. The lowest BCUT2D eigenvalue weighted by molar-refractivity contribution is -0.116. The van der Waals surface area contributed by atoms with Gasteiger partial charge in [0.1, 0.15) is 0 Å². The minimum absolute atomic E-state index is 0.0785. The fourth-order valence-electron chi connectivity index (χ4n) is 1.63. The Morgan fingerprint density at radius 3 is 3.00 bits per heavy atom. The van der Waals surface area contributed by atoms with E-state index in [0.717, 1.165) is 29.4 Å². The number of hydrogen-bond donors (Lipinski definition) is 1. The van der Waals surface area contributed by atoms with E-state index in [9.17, 15) is 4.79 Å². The number of carbonyl (C=O) groups excluding carboxylic acids is 1. The highest BCUT2D eigenvalue weighted by atomic mass is 32.2. The van der Waals surface area contributed by atoms with Crippen molar-refractivity contribution in [3.8, 4) is 0 Å². The van der Waals surface area contributed by atoms with Crippen molar-refractivity contribution in [2.75, 3.05) is 11.5 Å². The maximum atomic E-state index is 11.6. The second-order valence-electron chi connectivity index (χ2n) is 4.55. The Morgan fingerprint density at radius 1 is 1.72 bits per heavy atom. The second-order valence-corrected chi connectivity index (χ2v) is 6.81. The van der Waals surface area contributed by atoms with E-state index >= 15 is 0 Å². The van der Waals surface area contributed by atoms with Gasteiger partial charge < -0.3 is 5.11 Å². The van der Waals surface area contributed by atoms with E-state index in [2.05, 4.69) is 4.98 Å². The minimum Gasteiger partial charge on any atom is -0.395 e. The Hall–Kier alpha value is -0.590. The first-order valence-electron chi connectivity index (χ1n) is 6.08. The molecule has 1 saturated carbocycles. The minimum atomic E-state index is 0.0785. The van der Waals surface area contributed by atoms with Crippen molar-refractivity contribution in [3.05, 3.63) is 11.1 Å². The van der Waals surface area contributed by atoms with Gasteiger partial charge in [-0.25, -0.2) is 4.98 Å². The molecule has 1 heterocycles. The van der Waals surface area contributed by atoms with Gasteiger partial charge in [0.15, 0.2) is 5.13 Å². The average molecular weight is 286 g/mol. The second kappa shape index (κ2) is 6.04. The van der Waals surface area contributed by atoms with Crippen molar-refractivity contribution in [1.29, 1.82) is 0 Å². The van der Waals surface area contributed by atoms with E-state index in [-0.39, 0.29) is 17.8 Å². The van der Waals surface area contributed by atoms with E-state index in [1.165, 1.54) is 11.3 Å². The van der Waals surface area contributed by atoms with Crippen molar-refractivity contribution in [1.82, 2.24) is 4.98 Å². The van der Waals surface area contributed by atoms with Gasteiger partial charge in [-0.15, -0.1) is 23.1 Å². The Bertz CT molecular complexity index is 418. The van der Waals surface area contributed by atoms with E-state index in [1.807, 2.05) is 17.2 Å². The first-order valence-corrected chi connectivity index (χ1v) is 8.01. The van der Waals surface area contributed by atoms with Crippen molar-refractivity contribution in [2.45, 2.75) is 43.7 Å². The number of thiazole rings is 1. The molecule has 1 aromatic heterocycles. The summed E-state index contributed by atoms with van der Waals surface area (Å²) in [5.41, 5.74) is 0.993. The highest BCUT2D eigenvalue weighted by molar-refractivity contribution is 7.99. The summed E-state index contributed by atoms with van der Waals surface area (Å²) in [4.78, 5) is 17.9. The zero-order valence-corrected chi connectivity index (χ0v) is 12.3. The zero-order valence-electron chi connectivity index (χ0n) is 10.6. The molecule has 0 unspecified atom stereocenters. The van der Waals surface area contributed by atoms with Gasteiger partial charge in [0.2, 0.25) is 5.91 Å². The Labute approximate surface area is 115 Å². The summed E-state index contributed by atoms with van der Waals surface area (Å²) in [5, 5.41) is 12.0. The van der Waals surface area contributed by atoms with Crippen LogP contribution in [0.2, 0.25) is 0 Å². The van der Waals surface area contributed by atoms with Gasteiger partial charge in [0.25, 0.3) is 0 Å². The Kier molecular flexibility index (Phi) is 4.64. The summed E-state index contributed by atoms with van der Waals surface area (Å²) in [6.45, 7) is 3.77. The van der Waals surface area contributed by atoms with Crippen molar-refractivity contribution < 1.29 is 9.90 Å². The predicted octanol–water partition coefficient (Wildman–Crippen LogP) is 2.27. The van der Waals surface area contributed by atoms with Crippen molar-refractivity contribution >= 4 is 34.1 Å². The highest BCUT2D eigenvalue weighted by Gasteiger charge is 2.33. The molecule has 6 heteroatoms. The zero-order chi connectivity index (χ0) is 13.1. The van der Waals surface area contributed by atoms with Crippen LogP contribution in [0.25, 0.3) is 0 Å². The molecule has 1 aromatic rings. The largest absolute Gasteiger partial charge is 0.395 e. The number of carbonyl (C=O) groups is 1. The third-order valence-electron chi connectivity index (χ3n) is 2.77. The van der Waals surface area contributed by atoms with Crippen LogP contribution in [0.5, 0.6) is 0 Å². The van der Waals surface area contributed by atoms with E-state index in [1.54, 1.807) is 18.7 Å². The number of thioether (sulfide) groups is 1.